The van der Waals surface area contributed by atoms with Crippen LogP contribution in [-0.4, -0.2) is 30.7 Å². The summed E-state index contributed by atoms with van der Waals surface area (Å²) in [4.78, 5) is 21.6. The molecule has 0 saturated heterocycles. The zero-order chi connectivity index (χ0) is 13.7. The molecule has 1 aromatic rings. The Kier molecular flexibility index (Phi) is 4.31. The number of hydrogen-bond acceptors (Lipinski definition) is 4. The van der Waals surface area contributed by atoms with Gasteiger partial charge in [-0.15, -0.1) is 0 Å². The van der Waals surface area contributed by atoms with Gasteiger partial charge in [-0.3, -0.25) is 4.79 Å². The van der Waals surface area contributed by atoms with Gasteiger partial charge in [-0.1, -0.05) is 6.58 Å². The predicted octanol–water partition coefficient (Wildman–Crippen LogP) is 0.814. The van der Waals surface area contributed by atoms with Crippen LogP contribution in [0, 0.1) is 0 Å². The molecule has 0 aliphatic rings. The molecule has 0 fully saturated rings. The molecule has 0 aromatic heterocycles. The zero-order valence-electron chi connectivity index (χ0n) is 9.80. The fourth-order valence-electron chi connectivity index (χ4n) is 1.15. The van der Waals surface area contributed by atoms with Crippen LogP contribution in [0.3, 0.4) is 0 Å². The number of benzene rings is 1. The number of primary amides is 1. The number of methoxy groups -OCH3 is 1. The molecule has 0 atom stereocenters. The molecule has 0 bridgehead atoms. The van der Waals surface area contributed by atoms with Crippen molar-refractivity contribution in [1.29, 1.82) is 0 Å². The van der Waals surface area contributed by atoms with Crippen molar-refractivity contribution in [2.45, 2.75) is 0 Å². The van der Waals surface area contributed by atoms with E-state index in [0.29, 0.717) is 5.75 Å². The van der Waals surface area contributed by atoms with Gasteiger partial charge < -0.3 is 20.3 Å². The van der Waals surface area contributed by atoms with Crippen LogP contribution in [0.1, 0.15) is 10.4 Å². The van der Waals surface area contributed by atoms with E-state index in [2.05, 4.69) is 6.58 Å². The van der Waals surface area contributed by atoms with Crippen molar-refractivity contribution in [1.82, 2.24) is 0 Å². The Bertz CT molecular complexity index is 495. The molecule has 0 aliphatic carbocycles. The summed E-state index contributed by atoms with van der Waals surface area (Å²) in [5.41, 5.74) is 5.26. The molecule has 0 spiro atoms. The fourth-order valence-corrected chi connectivity index (χ4v) is 1.15. The lowest BCUT2D eigenvalue weighted by Gasteiger charge is -2.09. The number of amides is 1. The van der Waals surface area contributed by atoms with E-state index in [4.69, 9.17) is 20.3 Å². The molecule has 0 heterocycles. The van der Waals surface area contributed by atoms with Crippen LogP contribution in [0.15, 0.2) is 30.4 Å². The summed E-state index contributed by atoms with van der Waals surface area (Å²) in [6, 6.07) is 4.38. The first kappa shape index (κ1) is 13.6. The average Bonchev–Trinajstić information content (AvgIpc) is 2.35. The lowest BCUT2D eigenvalue weighted by atomic mass is 10.2. The monoisotopic (exact) mass is 251 g/mol. The van der Waals surface area contributed by atoms with Crippen LogP contribution in [0.2, 0.25) is 0 Å². The summed E-state index contributed by atoms with van der Waals surface area (Å²) >= 11 is 0. The summed E-state index contributed by atoms with van der Waals surface area (Å²) < 4.78 is 10.2. The minimum Gasteiger partial charge on any atom is -0.497 e. The summed E-state index contributed by atoms with van der Waals surface area (Å²) in [6.45, 7) is 3.13. The standard InChI is InChI=1S/C12H13NO5/c1-7(12(15)16)6-18-10-4-8(11(13)14)3-9(5-10)17-2/h3-5H,1,6H2,2H3,(H2,13,14)(H,15,16). The molecule has 18 heavy (non-hydrogen) atoms. The number of aliphatic carboxylic acids is 1. The second kappa shape index (κ2) is 5.72. The molecule has 3 N–H and O–H groups in total. The molecule has 1 amide bonds. The maximum atomic E-state index is 11.1. The van der Waals surface area contributed by atoms with Crippen LogP contribution in [0.5, 0.6) is 11.5 Å². The first-order chi connectivity index (χ1) is 8.43. The van der Waals surface area contributed by atoms with Crippen LogP contribution in [0.25, 0.3) is 0 Å². The number of rotatable bonds is 6. The van der Waals surface area contributed by atoms with Crippen LogP contribution in [-0.2, 0) is 4.79 Å². The Hall–Kier alpha value is -2.50. The topological polar surface area (TPSA) is 98.9 Å². The average molecular weight is 251 g/mol. The van der Waals surface area contributed by atoms with Gasteiger partial charge in [0.2, 0.25) is 5.91 Å². The Morgan fingerprint density at radius 3 is 2.44 bits per heavy atom. The van der Waals surface area contributed by atoms with Crippen molar-refractivity contribution < 1.29 is 24.2 Å². The van der Waals surface area contributed by atoms with E-state index in [-0.39, 0.29) is 23.5 Å². The van der Waals surface area contributed by atoms with E-state index in [1.165, 1.54) is 25.3 Å². The number of carbonyl (C=O) groups excluding carboxylic acids is 1. The van der Waals surface area contributed by atoms with E-state index in [1.54, 1.807) is 0 Å². The quantitative estimate of drug-likeness (QED) is 0.729. The van der Waals surface area contributed by atoms with Gasteiger partial charge in [0.15, 0.2) is 0 Å². The SMILES string of the molecule is C=C(COc1cc(OC)cc(C(N)=O)c1)C(=O)O. The van der Waals surface area contributed by atoms with Crippen molar-refractivity contribution in [2.75, 3.05) is 13.7 Å². The summed E-state index contributed by atoms with van der Waals surface area (Å²) in [5, 5.41) is 8.63. The zero-order valence-corrected chi connectivity index (χ0v) is 9.80. The van der Waals surface area contributed by atoms with Crippen molar-refractivity contribution in [2.24, 2.45) is 5.73 Å². The number of hydrogen-bond donors (Lipinski definition) is 2. The molecule has 6 nitrogen and oxygen atoms in total. The Balaban J connectivity index is 2.88. The van der Waals surface area contributed by atoms with Crippen molar-refractivity contribution in [3.05, 3.63) is 35.9 Å². The summed E-state index contributed by atoms with van der Waals surface area (Å²) in [6.07, 6.45) is 0. The molecule has 0 radical (unpaired) electrons. The van der Waals surface area contributed by atoms with Crippen molar-refractivity contribution >= 4 is 11.9 Å². The number of carbonyl (C=O) groups is 2. The number of carboxylic acid groups (broad SMARTS) is 1. The maximum Gasteiger partial charge on any atom is 0.334 e. The molecular formula is C12H13NO5. The van der Waals surface area contributed by atoms with Gasteiger partial charge in [0, 0.05) is 11.6 Å². The van der Waals surface area contributed by atoms with Gasteiger partial charge in [0.05, 0.1) is 12.7 Å². The first-order valence-electron chi connectivity index (χ1n) is 4.96. The summed E-state index contributed by atoms with van der Waals surface area (Å²) in [5.74, 6) is -1.10. The van der Waals surface area contributed by atoms with Crippen LogP contribution in [0.4, 0.5) is 0 Å². The highest BCUT2D eigenvalue weighted by Gasteiger charge is 2.09. The van der Waals surface area contributed by atoms with Crippen molar-refractivity contribution in [3.8, 4) is 11.5 Å². The second-order valence-electron chi connectivity index (χ2n) is 3.46. The number of ether oxygens (including phenoxy) is 2. The smallest absolute Gasteiger partial charge is 0.334 e. The second-order valence-corrected chi connectivity index (χ2v) is 3.46. The minimum absolute atomic E-state index is 0.0987. The predicted molar refractivity (Wildman–Crippen MR) is 63.8 cm³/mol. The van der Waals surface area contributed by atoms with Gasteiger partial charge in [0.25, 0.3) is 0 Å². The third kappa shape index (κ3) is 3.51. The number of nitrogens with two attached hydrogens (primary N) is 1. The van der Waals surface area contributed by atoms with Gasteiger partial charge in [-0.25, -0.2) is 4.79 Å². The molecule has 6 heteroatoms. The fraction of sp³-hybridized carbons (Fsp3) is 0.167. The van der Waals surface area contributed by atoms with Crippen molar-refractivity contribution in [3.63, 3.8) is 0 Å². The van der Waals surface area contributed by atoms with Gasteiger partial charge >= 0.3 is 5.97 Å². The van der Waals surface area contributed by atoms with Gasteiger partial charge in [-0.2, -0.15) is 0 Å². The molecule has 96 valence electrons. The minimum atomic E-state index is -1.15. The maximum absolute atomic E-state index is 11.1. The molecule has 0 aliphatic heterocycles. The lowest BCUT2D eigenvalue weighted by molar-refractivity contribution is -0.133. The van der Waals surface area contributed by atoms with E-state index < -0.39 is 11.9 Å². The highest BCUT2D eigenvalue weighted by atomic mass is 16.5. The Morgan fingerprint density at radius 2 is 1.94 bits per heavy atom. The van der Waals surface area contributed by atoms with E-state index in [9.17, 15) is 9.59 Å². The highest BCUT2D eigenvalue weighted by Crippen LogP contribution is 2.22. The van der Waals surface area contributed by atoms with Crippen LogP contribution >= 0.6 is 0 Å². The molecule has 0 saturated carbocycles. The van der Waals surface area contributed by atoms with Crippen LogP contribution < -0.4 is 15.2 Å². The van der Waals surface area contributed by atoms with Gasteiger partial charge in [-0.05, 0) is 12.1 Å². The Labute approximate surface area is 104 Å². The molecule has 1 rings (SSSR count). The number of carboxylic acids is 1. The summed E-state index contributed by atoms with van der Waals surface area (Å²) in [7, 11) is 1.43. The third-order valence-electron chi connectivity index (χ3n) is 2.12. The third-order valence-corrected chi connectivity index (χ3v) is 2.12. The highest BCUT2D eigenvalue weighted by molar-refractivity contribution is 5.93. The molecule has 0 unspecified atom stereocenters. The molecule has 1 aromatic carbocycles. The molecular weight excluding hydrogens is 238 g/mol. The van der Waals surface area contributed by atoms with E-state index in [0.717, 1.165) is 0 Å². The Morgan fingerprint density at radius 1 is 1.33 bits per heavy atom. The largest absolute Gasteiger partial charge is 0.497 e. The first-order valence-corrected chi connectivity index (χ1v) is 4.96. The normalized spacial score (nSPS) is 9.61. The van der Waals surface area contributed by atoms with E-state index >= 15 is 0 Å². The lowest BCUT2D eigenvalue weighted by Crippen LogP contribution is -2.12. The van der Waals surface area contributed by atoms with E-state index in [1.807, 2.05) is 0 Å². The van der Waals surface area contributed by atoms with Gasteiger partial charge in [0.1, 0.15) is 18.1 Å².